The molecule has 26 heavy (non-hydrogen) atoms. The SMILES string of the molecule is CNC(=O)C1CCC(SC2CCC3C(=O)NC(=O)C3C2)CC1C=O.O.O. The van der Waals surface area contributed by atoms with Crippen molar-refractivity contribution in [3.63, 3.8) is 0 Å². The van der Waals surface area contributed by atoms with Crippen LogP contribution in [0.3, 0.4) is 0 Å². The maximum Gasteiger partial charge on any atom is 0.230 e. The summed E-state index contributed by atoms with van der Waals surface area (Å²) in [5, 5.41) is 5.80. The molecule has 6 N–H and O–H groups in total. The summed E-state index contributed by atoms with van der Waals surface area (Å²) >= 11 is 1.85. The highest BCUT2D eigenvalue weighted by Crippen LogP contribution is 2.44. The van der Waals surface area contributed by atoms with E-state index in [9.17, 15) is 19.2 Å². The second-order valence-electron chi connectivity index (χ2n) is 7.09. The fourth-order valence-corrected chi connectivity index (χ4v) is 6.13. The molecular formula is C17H28N2O6S. The summed E-state index contributed by atoms with van der Waals surface area (Å²) in [6, 6.07) is 0. The zero-order valence-electron chi connectivity index (χ0n) is 14.8. The van der Waals surface area contributed by atoms with Gasteiger partial charge in [-0.3, -0.25) is 19.7 Å². The lowest BCUT2D eigenvalue weighted by atomic mass is 9.79. The molecular weight excluding hydrogens is 360 g/mol. The number of fused-ring (bicyclic) bond motifs is 1. The van der Waals surface area contributed by atoms with Crippen LogP contribution in [-0.2, 0) is 19.2 Å². The van der Waals surface area contributed by atoms with E-state index in [0.29, 0.717) is 10.5 Å². The number of hydrogen-bond acceptors (Lipinski definition) is 5. The average Bonchev–Trinajstić information content (AvgIpc) is 2.88. The van der Waals surface area contributed by atoms with Crippen LogP contribution in [0.1, 0.15) is 38.5 Å². The van der Waals surface area contributed by atoms with Crippen molar-refractivity contribution in [3.8, 4) is 0 Å². The van der Waals surface area contributed by atoms with Gasteiger partial charge in [0.2, 0.25) is 17.7 Å². The Morgan fingerprint density at radius 3 is 2.31 bits per heavy atom. The molecule has 8 nitrogen and oxygen atoms in total. The van der Waals surface area contributed by atoms with Crippen LogP contribution in [0.25, 0.3) is 0 Å². The number of rotatable bonds is 4. The molecule has 0 bridgehead atoms. The average molecular weight is 388 g/mol. The Bertz CT molecular complexity index is 557. The maximum atomic E-state index is 11.9. The minimum Gasteiger partial charge on any atom is -0.412 e. The van der Waals surface area contributed by atoms with Gasteiger partial charge in [-0.1, -0.05) is 0 Å². The number of carbonyl (C=O) groups is 4. The van der Waals surface area contributed by atoms with Gasteiger partial charge in [0, 0.05) is 29.4 Å². The Hall–Kier alpha value is -1.45. The van der Waals surface area contributed by atoms with Gasteiger partial charge in [-0.25, -0.2) is 0 Å². The Labute approximate surface area is 156 Å². The number of thioether (sulfide) groups is 1. The van der Waals surface area contributed by atoms with Gasteiger partial charge in [0.15, 0.2) is 0 Å². The molecule has 2 aliphatic carbocycles. The number of carbonyl (C=O) groups excluding carboxylic acids is 4. The second-order valence-corrected chi connectivity index (χ2v) is 8.70. The third-order valence-electron chi connectivity index (χ3n) is 5.72. The van der Waals surface area contributed by atoms with Gasteiger partial charge in [-0.15, -0.1) is 0 Å². The Kier molecular flexibility index (Phi) is 8.23. The summed E-state index contributed by atoms with van der Waals surface area (Å²) in [5.74, 6) is -1.02. The van der Waals surface area contributed by atoms with Crippen LogP contribution >= 0.6 is 11.8 Å². The van der Waals surface area contributed by atoms with Crippen molar-refractivity contribution in [2.24, 2.45) is 23.7 Å². The summed E-state index contributed by atoms with van der Waals surface area (Å²) in [6.07, 6.45) is 5.75. The lowest BCUT2D eigenvalue weighted by Gasteiger charge is -2.36. The summed E-state index contributed by atoms with van der Waals surface area (Å²) < 4.78 is 0. The normalized spacial score (nSPS) is 36.0. The largest absolute Gasteiger partial charge is 0.412 e. The lowest BCUT2D eigenvalue weighted by Crippen LogP contribution is -2.39. The van der Waals surface area contributed by atoms with Crippen LogP contribution in [0, 0.1) is 23.7 Å². The molecule has 1 heterocycles. The minimum atomic E-state index is -0.219. The molecule has 6 atom stereocenters. The van der Waals surface area contributed by atoms with Gasteiger partial charge in [0.25, 0.3) is 0 Å². The highest BCUT2D eigenvalue weighted by atomic mass is 32.2. The topological polar surface area (TPSA) is 155 Å². The number of imide groups is 1. The first-order valence-corrected chi connectivity index (χ1v) is 9.64. The molecule has 9 heteroatoms. The van der Waals surface area contributed by atoms with E-state index in [1.807, 2.05) is 11.8 Å². The summed E-state index contributed by atoms with van der Waals surface area (Å²) in [4.78, 5) is 46.8. The molecule has 1 saturated heterocycles. The van der Waals surface area contributed by atoms with E-state index < -0.39 is 0 Å². The smallest absolute Gasteiger partial charge is 0.230 e. The molecule has 0 aromatic heterocycles. The Morgan fingerprint density at radius 1 is 1.04 bits per heavy atom. The van der Waals surface area contributed by atoms with Crippen LogP contribution in [0.4, 0.5) is 0 Å². The molecule has 1 aliphatic heterocycles. The molecule has 148 valence electrons. The number of amides is 3. The third-order valence-corrected chi connectivity index (χ3v) is 7.34. The summed E-state index contributed by atoms with van der Waals surface area (Å²) in [7, 11) is 1.61. The molecule has 3 fully saturated rings. The third kappa shape index (κ3) is 4.44. The van der Waals surface area contributed by atoms with Crippen molar-refractivity contribution in [3.05, 3.63) is 0 Å². The van der Waals surface area contributed by atoms with Crippen LogP contribution in [-0.4, -0.2) is 52.5 Å². The molecule has 3 aliphatic rings. The van der Waals surface area contributed by atoms with Crippen molar-refractivity contribution in [2.75, 3.05) is 7.05 Å². The quantitative estimate of drug-likeness (QED) is 0.478. The minimum absolute atomic E-state index is 0. The van der Waals surface area contributed by atoms with Crippen molar-refractivity contribution < 1.29 is 30.1 Å². The van der Waals surface area contributed by atoms with Gasteiger partial charge in [0.1, 0.15) is 6.29 Å². The van der Waals surface area contributed by atoms with Crippen LogP contribution < -0.4 is 10.6 Å². The van der Waals surface area contributed by atoms with Crippen molar-refractivity contribution in [1.82, 2.24) is 10.6 Å². The Balaban J connectivity index is 0.00000169. The highest BCUT2D eigenvalue weighted by Gasteiger charge is 2.46. The summed E-state index contributed by atoms with van der Waals surface area (Å²) in [5.41, 5.74) is 0. The van der Waals surface area contributed by atoms with Crippen molar-refractivity contribution >= 4 is 35.8 Å². The van der Waals surface area contributed by atoms with Gasteiger partial charge in [-0.05, 0) is 38.5 Å². The first kappa shape index (κ1) is 22.6. The molecule has 0 spiro atoms. The van der Waals surface area contributed by atoms with E-state index in [-0.39, 0.29) is 52.3 Å². The second kappa shape index (κ2) is 9.48. The predicted octanol–water partition coefficient (Wildman–Crippen LogP) is -0.759. The van der Waals surface area contributed by atoms with E-state index in [0.717, 1.165) is 44.8 Å². The Morgan fingerprint density at radius 2 is 1.65 bits per heavy atom. The van der Waals surface area contributed by atoms with Crippen LogP contribution in [0.5, 0.6) is 0 Å². The molecule has 0 aromatic rings. The molecule has 0 aromatic carbocycles. The zero-order chi connectivity index (χ0) is 17.3. The van der Waals surface area contributed by atoms with Gasteiger partial charge < -0.3 is 21.1 Å². The fourth-order valence-electron chi connectivity index (χ4n) is 4.39. The molecule has 3 amide bonds. The summed E-state index contributed by atoms with van der Waals surface area (Å²) in [6.45, 7) is 0. The van der Waals surface area contributed by atoms with E-state index >= 15 is 0 Å². The number of nitrogens with one attached hydrogen (secondary N) is 2. The van der Waals surface area contributed by atoms with Crippen LogP contribution in [0.15, 0.2) is 0 Å². The van der Waals surface area contributed by atoms with Gasteiger partial charge >= 0.3 is 0 Å². The monoisotopic (exact) mass is 388 g/mol. The first-order valence-electron chi connectivity index (χ1n) is 8.70. The number of aldehydes is 1. The zero-order valence-corrected chi connectivity index (χ0v) is 15.6. The van der Waals surface area contributed by atoms with E-state index in [4.69, 9.17) is 0 Å². The molecule has 6 unspecified atom stereocenters. The van der Waals surface area contributed by atoms with E-state index in [1.54, 1.807) is 7.05 Å². The van der Waals surface area contributed by atoms with E-state index in [2.05, 4.69) is 10.6 Å². The first-order chi connectivity index (χ1) is 11.5. The number of hydrogen-bond donors (Lipinski definition) is 2. The molecule has 3 rings (SSSR count). The maximum absolute atomic E-state index is 11.9. The molecule has 2 saturated carbocycles. The van der Waals surface area contributed by atoms with Gasteiger partial charge in [0.05, 0.1) is 11.8 Å². The standard InChI is InChI=1S/C17H24N2O4S.2H2O/c1-18-15(21)12-4-2-10(6-9(12)8-20)24-11-3-5-13-14(7-11)17(23)19-16(13)22;;/h8-14H,2-7H2,1H3,(H,18,21)(H,19,22,23);2*1H2. The fraction of sp³-hybridized carbons (Fsp3) is 0.765. The lowest BCUT2D eigenvalue weighted by molar-refractivity contribution is -0.130. The highest BCUT2D eigenvalue weighted by molar-refractivity contribution is 8.00. The molecule has 0 radical (unpaired) electrons. The van der Waals surface area contributed by atoms with Gasteiger partial charge in [-0.2, -0.15) is 11.8 Å². The predicted molar refractivity (Wildman–Crippen MR) is 97.3 cm³/mol. The van der Waals surface area contributed by atoms with Crippen molar-refractivity contribution in [2.45, 2.75) is 49.0 Å². The van der Waals surface area contributed by atoms with E-state index in [1.165, 1.54) is 0 Å². The van der Waals surface area contributed by atoms with Crippen molar-refractivity contribution in [1.29, 1.82) is 0 Å². The van der Waals surface area contributed by atoms with Crippen LogP contribution in [0.2, 0.25) is 0 Å².